The Bertz CT molecular complexity index is 274. The van der Waals surface area contributed by atoms with E-state index in [1.807, 2.05) is 0 Å². The lowest BCUT2D eigenvalue weighted by Crippen LogP contribution is -2.39. The predicted molar refractivity (Wildman–Crippen MR) is 47.2 cm³/mol. The molecule has 0 bridgehead atoms. The molecule has 2 aliphatic rings. The van der Waals surface area contributed by atoms with Crippen LogP contribution in [0.1, 0.15) is 6.92 Å². The Hall–Kier alpha value is -0.615. The van der Waals surface area contributed by atoms with E-state index in [0.717, 1.165) is 0 Å². The molecule has 2 rings (SSSR count). The number of carbonyl (C=O) groups is 1. The minimum atomic E-state index is -0.995. The third kappa shape index (κ3) is 1.04. The number of esters is 1. The summed E-state index contributed by atoms with van der Waals surface area (Å²) in [6.07, 6.45) is -2.01. The molecule has 1 saturated carbocycles. The number of alkyl halides is 1. The SMILES string of the molecule is B[C@@H]1O[C@@H]2C(O)[C@]2(CF)[C@H]1OC(C)=O. The Kier molecular flexibility index (Phi) is 2.08. The second-order valence-electron chi connectivity index (χ2n) is 3.98. The van der Waals surface area contributed by atoms with Crippen LogP contribution in [0.25, 0.3) is 0 Å². The summed E-state index contributed by atoms with van der Waals surface area (Å²) in [5, 5.41) is 9.44. The fraction of sp³-hybridized carbons (Fsp3) is 0.875. The van der Waals surface area contributed by atoms with Crippen LogP contribution in [0.3, 0.4) is 0 Å². The van der Waals surface area contributed by atoms with E-state index in [-0.39, 0.29) is 6.00 Å². The van der Waals surface area contributed by atoms with Crippen molar-refractivity contribution in [3.05, 3.63) is 0 Å². The number of rotatable bonds is 2. The van der Waals surface area contributed by atoms with Crippen molar-refractivity contribution in [2.75, 3.05) is 6.67 Å². The number of ether oxygens (including phenoxy) is 2. The Labute approximate surface area is 81.8 Å². The maximum atomic E-state index is 12.8. The second-order valence-corrected chi connectivity index (χ2v) is 3.98. The highest BCUT2D eigenvalue weighted by Crippen LogP contribution is 2.58. The lowest BCUT2D eigenvalue weighted by Gasteiger charge is -2.24. The van der Waals surface area contributed by atoms with Gasteiger partial charge in [-0.2, -0.15) is 0 Å². The summed E-state index contributed by atoms with van der Waals surface area (Å²) in [5.41, 5.74) is -0.995. The van der Waals surface area contributed by atoms with Crippen molar-refractivity contribution in [3.63, 3.8) is 0 Å². The average molecular weight is 202 g/mol. The third-order valence-corrected chi connectivity index (χ3v) is 3.10. The van der Waals surface area contributed by atoms with Crippen molar-refractivity contribution in [1.29, 1.82) is 0 Å². The highest BCUT2D eigenvalue weighted by atomic mass is 19.1. The molecule has 2 fully saturated rings. The van der Waals surface area contributed by atoms with Crippen LogP contribution in [-0.4, -0.2) is 49.9 Å². The molecule has 1 unspecified atom stereocenters. The number of hydrogen-bond acceptors (Lipinski definition) is 4. The molecule has 5 atom stereocenters. The molecule has 1 aliphatic carbocycles. The van der Waals surface area contributed by atoms with Crippen LogP contribution < -0.4 is 0 Å². The van der Waals surface area contributed by atoms with Crippen molar-refractivity contribution in [3.8, 4) is 0 Å². The van der Waals surface area contributed by atoms with E-state index in [1.165, 1.54) is 6.92 Å². The summed E-state index contributed by atoms with van der Waals surface area (Å²) in [5.74, 6) is -0.474. The Morgan fingerprint density at radius 1 is 1.79 bits per heavy atom. The topological polar surface area (TPSA) is 55.8 Å². The molecule has 0 aromatic carbocycles. The van der Waals surface area contributed by atoms with Crippen molar-refractivity contribution in [2.45, 2.75) is 31.2 Å². The van der Waals surface area contributed by atoms with Gasteiger partial charge in [0.1, 0.15) is 20.6 Å². The van der Waals surface area contributed by atoms with Gasteiger partial charge in [0.2, 0.25) is 0 Å². The fourth-order valence-corrected chi connectivity index (χ4v) is 2.29. The Morgan fingerprint density at radius 3 is 2.93 bits per heavy atom. The molecule has 0 amide bonds. The van der Waals surface area contributed by atoms with Gasteiger partial charge in [0, 0.05) is 6.92 Å². The van der Waals surface area contributed by atoms with Gasteiger partial charge in [-0.3, -0.25) is 9.18 Å². The van der Waals surface area contributed by atoms with Gasteiger partial charge in [-0.1, -0.05) is 0 Å². The standard InChI is InChI=1S/C8H12BFO4/c1-3(11)13-6-7(9)14-5-4(12)8(5,6)2-10/h4-7,12H,2,9H2,1H3/t4?,5-,6+,7-,8+/m1/s1. The van der Waals surface area contributed by atoms with Crippen LogP contribution >= 0.6 is 0 Å². The molecule has 78 valence electrons. The van der Waals surface area contributed by atoms with E-state index in [0.29, 0.717) is 0 Å². The molecule has 1 N–H and O–H groups in total. The zero-order valence-corrected chi connectivity index (χ0v) is 8.07. The first-order valence-corrected chi connectivity index (χ1v) is 4.60. The number of halogens is 1. The van der Waals surface area contributed by atoms with Crippen LogP contribution in [0.15, 0.2) is 0 Å². The van der Waals surface area contributed by atoms with Gasteiger partial charge < -0.3 is 14.6 Å². The van der Waals surface area contributed by atoms with Crippen LogP contribution in [0, 0.1) is 5.41 Å². The van der Waals surface area contributed by atoms with Gasteiger partial charge in [0.15, 0.2) is 0 Å². The second kappa shape index (κ2) is 2.94. The van der Waals surface area contributed by atoms with Crippen molar-refractivity contribution < 1.29 is 23.8 Å². The smallest absolute Gasteiger partial charge is 0.302 e. The number of hydrogen-bond donors (Lipinski definition) is 1. The maximum Gasteiger partial charge on any atom is 0.302 e. The summed E-state index contributed by atoms with van der Waals surface area (Å²) < 4.78 is 23.1. The molecule has 6 heteroatoms. The number of fused-ring (bicyclic) bond motifs is 1. The molecule has 0 aromatic heterocycles. The van der Waals surface area contributed by atoms with E-state index >= 15 is 0 Å². The zero-order valence-electron chi connectivity index (χ0n) is 8.07. The van der Waals surface area contributed by atoms with E-state index < -0.39 is 36.4 Å². The van der Waals surface area contributed by atoms with Crippen molar-refractivity contribution in [1.82, 2.24) is 0 Å². The van der Waals surface area contributed by atoms with Gasteiger partial charge in [-0.05, 0) is 0 Å². The largest absolute Gasteiger partial charge is 0.460 e. The number of aliphatic hydroxyl groups excluding tert-OH is 1. The zero-order chi connectivity index (χ0) is 10.5. The van der Waals surface area contributed by atoms with Crippen molar-refractivity contribution in [2.24, 2.45) is 5.41 Å². The van der Waals surface area contributed by atoms with Crippen LogP contribution in [0.2, 0.25) is 0 Å². The Morgan fingerprint density at radius 2 is 2.43 bits per heavy atom. The van der Waals surface area contributed by atoms with Crippen LogP contribution in [-0.2, 0) is 14.3 Å². The van der Waals surface area contributed by atoms with Crippen molar-refractivity contribution >= 4 is 13.8 Å². The van der Waals surface area contributed by atoms with Gasteiger partial charge in [0.05, 0.1) is 23.6 Å². The number of carbonyl (C=O) groups excluding carboxylic acids is 1. The Balaban J connectivity index is 2.16. The molecule has 14 heavy (non-hydrogen) atoms. The lowest BCUT2D eigenvalue weighted by atomic mass is 9.86. The molecular weight excluding hydrogens is 190 g/mol. The highest BCUT2D eigenvalue weighted by Gasteiger charge is 2.77. The summed E-state index contributed by atoms with van der Waals surface area (Å²) in [6, 6.07) is -0.344. The molecule has 1 aliphatic heterocycles. The van der Waals surface area contributed by atoms with Gasteiger partial charge >= 0.3 is 5.97 Å². The summed E-state index contributed by atoms with van der Waals surface area (Å²) in [7, 11) is 1.71. The first-order chi connectivity index (χ1) is 6.54. The minimum Gasteiger partial charge on any atom is -0.460 e. The first-order valence-electron chi connectivity index (χ1n) is 4.60. The molecular formula is C8H12BFO4. The summed E-state index contributed by atoms with van der Waals surface area (Å²) >= 11 is 0. The first kappa shape index (κ1) is 9.92. The molecule has 0 spiro atoms. The molecule has 0 aromatic rings. The van der Waals surface area contributed by atoms with Gasteiger partial charge in [-0.15, -0.1) is 0 Å². The fourth-order valence-electron chi connectivity index (χ4n) is 2.29. The van der Waals surface area contributed by atoms with E-state index in [2.05, 4.69) is 0 Å². The quantitative estimate of drug-likeness (QED) is 0.442. The highest BCUT2D eigenvalue weighted by molar-refractivity contribution is 6.12. The predicted octanol–water partition coefficient (Wildman–Crippen LogP) is -1.39. The minimum absolute atomic E-state index is 0.344. The molecule has 1 saturated heterocycles. The monoisotopic (exact) mass is 202 g/mol. The normalized spacial score (nSPS) is 49.9. The van der Waals surface area contributed by atoms with Gasteiger partial charge in [-0.25, -0.2) is 0 Å². The summed E-state index contributed by atoms with van der Waals surface area (Å²) in [4.78, 5) is 10.8. The van der Waals surface area contributed by atoms with Crippen LogP contribution in [0.5, 0.6) is 0 Å². The molecule has 0 radical (unpaired) electrons. The van der Waals surface area contributed by atoms with E-state index in [1.54, 1.807) is 7.85 Å². The third-order valence-electron chi connectivity index (χ3n) is 3.10. The maximum absolute atomic E-state index is 12.8. The summed E-state index contributed by atoms with van der Waals surface area (Å²) in [6.45, 7) is 0.544. The lowest BCUT2D eigenvalue weighted by molar-refractivity contribution is -0.153. The van der Waals surface area contributed by atoms with E-state index in [9.17, 15) is 14.3 Å². The van der Waals surface area contributed by atoms with E-state index in [4.69, 9.17) is 9.47 Å². The van der Waals surface area contributed by atoms with Gasteiger partial charge in [0.25, 0.3) is 0 Å². The van der Waals surface area contributed by atoms with Crippen LogP contribution in [0.4, 0.5) is 4.39 Å². The number of aliphatic hydroxyl groups is 1. The molecule has 4 nitrogen and oxygen atoms in total. The molecule has 1 heterocycles. The average Bonchev–Trinajstić information content (AvgIpc) is 2.54.